The fourth-order valence-electron chi connectivity index (χ4n) is 2.82. The minimum atomic E-state index is -0.613. The molecule has 24 heavy (non-hydrogen) atoms. The Kier molecular flexibility index (Phi) is 8.18. The molecule has 1 saturated heterocycles. The first-order chi connectivity index (χ1) is 11.0. The molecule has 1 heterocycles. The molecule has 0 spiro atoms. The number of likely N-dealkylation sites (tertiary alicyclic amines) is 1. The number of amides is 2. The normalized spacial score (nSPS) is 16.2. The molecule has 7 heteroatoms. The monoisotopic (exact) mass is 355 g/mol. The van der Waals surface area contributed by atoms with Crippen molar-refractivity contribution in [3.63, 3.8) is 0 Å². The number of ether oxygens (including phenoxy) is 1. The molecule has 2 rings (SSSR count). The van der Waals surface area contributed by atoms with E-state index in [0.29, 0.717) is 18.7 Å². The van der Waals surface area contributed by atoms with Crippen LogP contribution >= 0.6 is 12.4 Å². The average Bonchev–Trinajstić information content (AvgIpc) is 2.55. The van der Waals surface area contributed by atoms with Gasteiger partial charge in [0.2, 0.25) is 5.91 Å². The number of rotatable bonds is 5. The number of hydrogen-bond donors (Lipinski definition) is 2. The molecule has 6 nitrogen and oxygen atoms in total. The molecular formula is C17H26ClN3O3. The lowest BCUT2D eigenvalue weighted by Gasteiger charge is -2.33. The van der Waals surface area contributed by atoms with Gasteiger partial charge in [-0.25, -0.2) is 0 Å². The van der Waals surface area contributed by atoms with Gasteiger partial charge in [-0.15, -0.1) is 12.4 Å². The van der Waals surface area contributed by atoms with Gasteiger partial charge in [0.1, 0.15) is 6.04 Å². The number of nitrogens with two attached hydrogens (primary N) is 1. The van der Waals surface area contributed by atoms with Crippen LogP contribution in [0.15, 0.2) is 24.3 Å². The SMILES string of the molecule is COCC(N)C(=O)N1CCC(NC(=O)c2ccccc2C)CC1.Cl. The average molecular weight is 356 g/mol. The zero-order valence-corrected chi connectivity index (χ0v) is 15.0. The lowest BCUT2D eigenvalue weighted by molar-refractivity contribution is -0.134. The molecule has 0 aliphatic carbocycles. The second kappa shape index (κ2) is 9.61. The minimum Gasteiger partial charge on any atom is -0.383 e. The molecule has 1 atom stereocenters. The molecule has 0 radical (unpaired) electrons. The first-order valence-electron chi connectivity index (χ1n) is 7.92. The Hall–Kier alpha value is -1.63. The third-order valence-corrected chi connectivity index (χ3v) is 4.19. The molecule has 1 aromatic carbocycles. The smallest absolute Gasteiger partial charge is 0.251 e. The quantitative estimate of drug-likeness (QED) is 0.828. The van der Waals surface area contributed by atoms with Gasteiger partial charge in [-0.05, 0) is 31.4 Å². The molecule has 134 valence electrons. The number of carbonyl (C=O) groups is 2. The van der Waals surface area contributed by atoms with Crippen molar-refractivity contribution < 1.29 is 14.3 Å². The number of methoxy groups -OCH3 is 1. The number of aryl methyl sites for hydroxylation is 1. The van der Waals surface area contributed by atoms with Crippen LogP contribution in [-0.4, -0.2) is 55.6 Å². The van der Waals surface area contributed by atoms with Crippen molar-refractivity contribution in [2.24, 2.45) is 5.73 Å². The second-order valence-electron chi connectivity index (χ2n) is 5.95. The molecule has 1 unspecified atom stereocenters. The minimum absolute atomic E-state index is 0. The lowest BCUT2D eigenvalue weighted by Crippen LogP contribution is -2.52. The molecular weight excluding hydrogens is 330 g/mol. The highest BCUT2D eigenvalue weighted by atomic mass is 35.5. The van der Waals surface area contributed by atoms with Gasteiger partial charge < -0.3 is 20.7 Å². The van der Waals surface area contributed by atoms with Crippen molar-refractivity contribution >= 4 is 24.2 Å². The van der Waals surface area contributed by atoms with Gasteiger partial charge in [0, 0.05) is 31.8 Å². The molecule has 0 saturated carbocycles. The van der Waals surface area contributed by atoms with Crippen LogP contribution in [0.5, 0.6) is 0 Å². The van der Waals surface area contributed by atoms with Gasteiger partial charge in [-0.2, -0.15) is 0 Å². The van der Waals surface area contributed by atoms with E-state index < -0.39 is 6.04 Å². The zero-order valence-electron chi connectivity index (χ0n) is 14.2. The van der Waals surface area contributed by atoms with Crippen LogP contribution in [0.2, 0.25) is 0 Å². The maximum Gasteiger partial charge on any atom is 0.251 e. The summed E-state index contributed by atoms with van der Waals surface area (Å²) in [6.07, 6.45) is 1.48. The Morgan fingerprint density at radius 3 is 2.54 bits per heavy atom. The number of nitrogens with zero attached hydrogens (tertiary/aromatic N) is 1. The topological polar surface area (TPSA) is 84.7 Å². The van der Waals surface area contributed by atoms with Crippen LogP contribution in [-0.2, 0) is 9.53 Å². The summed E-state index contributed by atoms with van der Waals surface area (Å²) < 4.78 is 4.92. The maximum absolute atomic E-state index is 12.3. The van der Waals surface area contributed by atoms with Crippen LogP contribution < -0.4 is 11.1 Å². The highest BCUT2D eigenvalue weighted by Crippen LogP contribution is 2.13. The van der Waals surface area contributed by atoms with E-state index in [0.717, 1.165) is 18.4 Å². The number of piperidine rings is 1. The number of hydrogen-bond acceptors (Lipinski definition) is 4. The standard InChI is InChI=1S/C17H25N3O3.ClH/c1-12-5-3-4-6-14(12)16(21)19-13-7-9-20(10-8-13)17(22)15(18)11-23-2;/h3-6,13,15H,7-11,18H2,1-2H3,(H,19,21);1H. The summed E-state index contributed by atoms with van der Waals surface area (Å²) in [6.45, 7) is 3.36. The molecule has 1 aliphatic rings. The summed E-state index contributed by atoms with van der Waals surface area (Å²) in [5, 5.41) is 3.06. The predicted molar refractivity (Wildman–Crippen MR) is 95.3 cm³/mol. The van der Waals surface area contributed by atoms with E-state index in [2.05, 4.69) is 5.32 Å². The zero-order chi connectivity index (χ0) is 16.8. The van der Waals surface area contributed by atoms with E-state index >= 15 is 0 Å². The summed E-state index contributed by atoms with van der Waals surface area (Å²) in [5.41, 5.74) is 7.44. The summed E-state index contributed by atoms with van der Waals surface area (Å²) in [6, 6.07) is 7.00. The summed E-state index contributed by atoms with van der Waals surface area (Å²) >= 11 is 0. The van der Waals surface area contributed by atoms with Crippen molar-refractivity contribution in [1.82, 2.24) is 10.2 Å². The van der Waals surface area contributed by atoms with Crippen LogP contribution in [0, 0.1) is 6.92 Å². The number of carbonyl (C=O) groups excluding carboxylic acids is 2. The van der Waals surface area contributed by atoms with Gasteiger partial charge in [0.15, 0.2) is 0 Å². The molecule has 1 fully saturated rings. The highest BCUT2D eigenvalue weighted by Gasteiger charge is 2.27. The van der Waals surface area contributed by atoms with Crippen molar-refractivity contribution in [3.8, 4) is 0 Å². The Balaban J connectivity index is 0.00000288. The molecule has 3 N–H and O–H groups in total. The Bertz CT molecular complexity index is 560. The largest absolute Gasteiger partial charge is 0.383 e. The summed E-state index contributed by atoms with van der Waals surface area (Å²) in [4.78, 5) is 26.2. The van der Waals surface area contributed by atoms with E-state index in [1.54, 1.807) is 4.90 Å². The third kappa shape index (κ3) is 5.19. The number of nitrogens with one attached hydrogen (secondary N) is 1. The van der Waals surface area contributed by atoms with Crippen LogP contribution in [0.3, 0.4) is 0 Å². The fraction of sp³-hybridized carbons (Fsp3) is 0.529. The molecule has 1 aromatic rings. The van der Waals surface area contributed by atoms with Gasteiger partial charge in [-0.3, -0.25) is 9.59 Å². The van der Waals surface area contributed by atoms with Gasteiger partial charge in [0.05, 0.1) is 6.61 Å². The molecule has 1 aliphatic heterocycles. The third-order valence-electron chi connectivity index (χ3n) is 4.19. The van der Waals surface area contributed by atoms with Gasteiger partial charge >= 0.3 is 0 Å². The molecule has 2 amide bonds. The predicted octanol–water partition coefficient (Wildman–Crippen LogP) is 1.11. The first-order valence-corrected chi connectivity index (χ1v) is 7.92. The highest BCUT2D eigenvalue weighted by molar-refractivity contribution is 5.95. The van der Waals surface area contributed by atoms with Crippen molar-refractivity contribution in [2.45, 2.75) is 31.8 Å². The van der Waals surface area contributed by atoms with Crippen LogP contribution in [0.25, 0.3) is 0 Å². The first kappa shape index (κ1) is 20.4. The van der Waals surface area contributed by atoms with E-state index in [-0.39, 0.29) is 36.9 Å². The van der Waals surface area contributed by atoms with Crippen LogP contribution in [0.4, 0.5) is 0 Å². The number of halogens is 1. The van der Waals surface area contributed by atoms with Gasteiger partial charge in [-0.1, -0.05) is 18.2 Å². The Morgan fingerprint density at radius 2 is 1.96 bits per heavy atom. The van der Waals surface area contributed by atoms with E-state index in [1.807, 2.05) is 31.2 Å². The summed E-state index contributed by atoms with van der Waals surface area (Å²) in [5.74, 6) is -0.139. The van der Waals surface area contributed by atoms with E-state index in [1.165, 1.54) is 7.11 Å². The van der Waals surface area contributed by atoms with Crippen molar-refractivity contribution in [2.75, 3.05) is 26.8 Å². The Labute approximate surface area is 149 Å². The van der Waals surface area contributed by atoms with E-state index in [9.17, 15) is 9.59 Å². The van der Waals surface area contributed by atoms with Crippen LogP contribution in [0.1, 0.15) is 28.8 Å². The second-order valence-corrected chi connectivity index (χ2v) is 5.95. The molecule has 0 aromatic heterocycles. The fourth-order valence-corrected chi connectivity index (χ4v) is 2.82. The lowest BCUT2D eigenvalue weighted by atomic mass is 10.0. The van der Waals surface area contributed by atoms with Crippen molar-refractivity contribution in [1.29, 1.82) is 0 Å². The van der Waals surface area contributed by atoms with Crippen molar-refractivity contribution in [3.05, 3.63) is 35.4 Å². The molecule has 0 bridgehead atoms. The van der Waals surface area contributed by atoms with E-state index in [4.69, 9.17) is 10.5 Å². The Morgan fingerprint density at radius 1 is 1.33 bits per heavy atom. The number of benzene rings is 1. The summed E-state index contributed by atoms with van der Waals surface area (Å²) in [7, 11) is 1.53. The maximum atomic E-state index is 12.3. The van der Waals surface area contributed by atoms with Gasteiger partial charge in [0.25, 0.3) is 5.91 Å².